The van der Waals surface area contributed by atoms with Crippen LogP contribution in [-0.4, -0.2) is 308 Å². The predicted octanol–water partition coefficient (Wildman–Crippen LogP) is -2.09. The number of nitrogens with two attached hydrogens (primary N) is 5. The molecule has 10 aliphatic heterocycles. The van der Waals surface area contributed by atoms with E-state index in [4.69, 9.17) is 173 Å². The number of aryl methyl sites for hydroxylation is 1. The molecule has 16 heterocycles. The molecule has 28 atom stereocenters. The van der Waals surface area contributed by atoms with E-state index < -0.39 is 273 Å². The molecule has 736 valence electrons. The van der Waals surface area contributed by atoms with E-state index >= 15 is 0 Å². The van der Waals surface area contributed by atoms with Gasteiger partial charge in [0.2, 0.25) is 5.95 Å². The number of ether oxygens (including phenoxy) is 10. The number of aromatic nitrogens is 12. The highest BCUT2D eigenvalue weighted by molar-refractivity contribution is 8.44. The van der Waals surface area contributed by atoms with Gasteiger partial charge in [0.05, 0.1) is 71.5 Å². The summed E-state index contributed by atoms with van der Waals surface area (Å²) in [5.41, 5.74) is 17.9. The van der Waals surface area contributed by atoms with Crippen LogP contribution in [-0.2, 0) is 161 Å². The van der Waals surface area contributed by atoms with Crippen LogP contribution in [0, 0.1) is 12.8 Å². The lowest BCUT2D eigenvalue weighted by molar-refractivity contribution is -0.432. The first-order valence-electron chi connectivity index (χ1n) is 39.9. The number of H-pyrrole nitrogens is 2. The number of aliphatic hydroxyl groups is 1. The highest BCUT2D eigenvalue weighted by Gasteiger charge is 2.82. The highest BCUT2D eigenvalue weighted by atomic mass is 32.7. The Kier molecular flexibility index (Phi) is 27.6. The van der Waals surface area contributed by atoms with Crippen LogP contribution in [0.2, 0.25) is 0 Å². The van der Waals surface area contributed by atoms with Crippen LogP contribution in [0.15, 0.2) is 82.3 Å². The number of likely N-dealkylation sites (N-methyl/N-ethyl adjacent to an activating group) is 3. The van der Waals surface area contributed by atoms with Gasteiger partial charge in [-0.05, 0) is 98.2 Å². The molecule has 11 fully saturated rings. The number of anilines is 8. The SMILES string of the molecule is C=Nc1c(N)ncnc1N(C)[C@@H]1O[C@@]2(COP(O)(=S)OC3C[C@H](n4ccc(N)nc4=O)O[C@@H]3COP(=O)(S)OC3C[C@H](n4ccc(N)nc4=O)O[C@@H]3COP(O)(O)=S)COC1C2OP(O)(=S)OC[C@]12COC(C1OP(O)(=S)OC[C@]13COC(C1OP(O)(=S)OC[C@]14CC5(O)OC(C51)[C@H](N(C)c1ncnc(N)c1N=C)O4)[C@H](n1cc(C)c(=O)[nH]c1=O)O3)[C@H](N(C)c1nc(N)[nH]c(=O)c1N=C)O2. The van der Waals surface area contributed by atoms with Crippen molar-refractivity contribution in [3.63, 3.8) is 0 Å². The molecule has 1 aliphatic carbocycles. The first-order chi connectivity index (χ1) is 63.4. The fourth-order valence-electron chi connectivity index (χ4n) is 17.9. The van der Waals surface area contributed by atoms with E-state index in [1.54, 1.807) is 11.9 Å². The highest BCUT2D eigenvalue weighted by Crippen LogP contribution is 2.69. The lowest BCUT2D eigenvalue weighted by atomic mass is 9.59. The predicted molar refractivity (Wildman–Crippen MR) is 488 cm³/mol. The van der Waals surface area contributed by atoms with Crippen molar-refractivity contribution in [1.29, 1.82) is 0 Å². The lowest BCUT2D eigenvalue weighted by Gasteiger charge is -2.62. The van der Waals surface area contributed by atoms with Gasteiger partial charge in [0.15, 0.2) is 65.5 Å². The van der Waals surface area contributed by atoms with Gasteiger partial charge in [0, 0.05) is 64.6 Å². The minimum Gasteiger partial charge on any atom is -0.383 e. The van der Waals surface area contributed by atoms with Crippen LogP contribution in [0.5, 0.6) is 0 Å². The first kappa shape index (κ1) is 100. The van der Waals surface area contributed by atoms with Crippen LogP contribution in [0.3, 0.4) is 0 Å². The van der Waals surface area contributed by atoms with Gasteiger partial charge in [0.1, 0.15) is 132 Å². The second-order valence-corrected chi connectivity index (χ2v) is 49.4. The minimum absolute atomic E-state index is 0.0114. The molecule has 57 nitrogen and oxygen atoms in total. The van der Waals surface area contributed by atoms with E-state index in [-0.39, 0.29) is 82.6 Å². The number of thiol groups is 1. The summed E-state index contributed by atoms with van der Waals surface area (Å²) in [6.07, 6.45) is -18.3. The number of nitrogens with one attached hydrogen (secondary N) is 2. The number of nitrogens with zero attached hydrogens (tertiary/aromatic N) is 16. The van der Waals surface area contributed by atoms with E-state index in [1.165, 1.54) is 67.9 Å². The first-order valence-corrected chi connectivity index (χ1v) is 55.6. The Morgan fingerprint density at radius 3 is 1.44 bits per heavy atom. The summed E-state index contributed by atoms with van der Waals surface area (Å²) >= 11 is 32.0. The molecule has 0 spiro atoms. The summed E-state index contributed by atoms with van der Waals surface area (Å²) < 4.78 is 149. The minimum atomic E-state index is -4.94. The maximum atomic E-state index is 14.4. The molecule has 19 N–H and O–H groups in total. The molecule has 6 bridgehead atoms. The van der Waals surface area contributed by atoms with Crippen molar-refractivity contribution in [2.24, 2.45) is 20.9 Å². The second-order valence-electron chi connectivity index (χ2n) is 32.7. The summed E-state index contributed by atoms with van der Waals surface area (Å²) in [7, 11) is 4.48. The number of nitrogen functional groups attached to an aromatic ring is 5. The molecule has 6 aromatic rings. The standard InChI is InChI=1S/C66H87N23O34P6S6/c1-27-14-89(61(94)83-52(27)90)57-42-46(123-127(100,133)108-21-62-17-66(95)43(62)39(114-66)54(115-62)84(5)49-36(72-2)47(69)75-25-77-49)65(118-57,20-105-42)24-111-129(102,135)122-45-41-56(86(7)51-38(74-4)53(91)82-58(71)81-51)117-64(45,19-104-41)23-110-128(101,134)121-44-40-55(85(6)50-37(73-3)48(70)76-26-78-50)116-63(44,18-103-40)22-109-126(99,132)120-29-13-35(88-11-9-33(68)80-60(88)93)113-31(29)16-107-125(98,131)119-28-12-34(87-10-8-32(67)79-59(87)92)112-30(28)15-106-124(96,97)130/h8-11,14,25-26,28-31,34-35,39-46,54-57,95H,2-4,12-13,15-24H2,1,5-7H3,(H,98,131)(H,99,132)(H,100,133)(H,101,134)(H,102,135)(H2,67,79,92)(H2,68,80,93)(H2,69,75,77)(H2,70,76,78)(H,83,90,94)(H2,96,97,130)(H3,71,81,82,91)/t28?,29?,30-,31-,34-,35-,39?,40?,41?,42?,43?,44?,45?,46?,54-,55-,56-,57-,62-,63-,64-,65-,66?,125?,126?,127?,128?,129?/m1/s1. The Balaban J connectivity index is 0.624. The Morgan fingerprint density at radius 2 is 0.970 bits per heavy atom. The summed E-state index contributed by atoms with van der Waals surface area (Å²) in [4.78, 5) is 185. The number of rotatable bonds is 40. The molecule has 135 heavy (non-hydrogen) atoms. The molecular formula is C66H87N23O34P6S6. The summed E-state index contributed by atoms with van der Waals surface area (Å²) in [6, 6.07) is 2.58. The van der Waals surface area contributed by atoms with E-state index in [9.17, 15) is 63.0 Å². The van der Waals surface area contributed by atoms with Crippen molar-refractivity contribution in [3.8, 4) is 0 Å². The number of fused-ring (bicyclic) bond motifs is 6. The fraction of sp³-hybridized carbons (Fsp3) is 0.591. The Hall–Kier alpha value is -6.40. The largest absolute Gasteiger partial charge is 0.386 e. The molecular weight excluding hydrogens is 2040 g/mol. The number of aliphatic imine (C=N–C) groups is 3. The Labute approximate surface area is 790 Å². The van der Waals surface area contributed by atoms with Gasteiger partial charge in [-0.25, -0.2) is 38.9 Å². The van der Waals surface area contributed by atoms with Crippen molar-refractivity contribution < 1.29 is 136 Å². The maximum absolute atomic E-state index is 14.4. The van der Waals surface area contributed by atoms with Gasteiger partial charge in [0.25, 0.3) is 11.1 Å². The molecule has 1 saturated carbocycles. The van der Waals surface area contributed by atoms with Crippen molar-refractivity contribution in [2.45, 2.75) is 159 Å². The smallest absolute Gasteiger partial charge is 0.383 e. The average Bonchev–Trinajstić information content (AvgIpc) is 1.49. The van der Waals surface area contributed by atoms with Gasteiger partial charge in [-0.15, -0.1) is 0 Å². The topological polar surface area (TPSA) is 751 Å². The number of hydrogen-bond acceptors (Lipinski definition) is 51. The van der Waals surface area contributed by atoms with Crippen molar-refractivity contribution >= 4 is 196 Å². The van der Waals surface area contributed by atoms with Gasteiger partial charge < -0.3 is 152 Å². The molecule has 10 saturated heterocycles. The lowest BCUT2D eigenvalue weighted by Crippen LogP contribution is -2.77. The normalized spacial score (nSPS) is 34.5. The Bertz CT molecular complexity index is 6350. The zero-order valence-corrected chi connectivity index (χ0v) is 80.8. The van der Waals surface area contributed by atoms with E-state index in [0.29, 0.717) is 0 Å². The molecule has 17 rings (SSSR count). The van der Waals surface area contributed by atoms with Gasteiger partial charge in [-0.3, -0.25) is 70.9 Å². The van der Waals surface area contributed by atoms with Gasteiger partial charge in [-0.1, -0.05) is 12.2 Å². The van der Waals surface area contributed by atoms with E-state index in [2.05, 4.69) is 104 Å². The fourth-order valence-corrected chi connectivity index (χ4v) is 25.9. The number of hydrogen-bond donors (Lipinski definition) is 15. The van der Waals surface area contributed by atoms with Crippen LogP contribution < -0.4 is 71.6 Å². The molecule has 6 aromatic heterocycles. The third-order valence-electron chi connectivity index (χ3n) is 24.1. The van der Waals surface area contributed by atoms with Crippen molar-refractivity contribution in [3.05, 3.63) is 101 Å². The van der Waals surface area contributed by atoms with Crippen molar-refractivity contribution in [1.82, 2.24) is 58.6 Å². The third-order valence-corrected chi connectivity index (χ3v) is 32.7. The average molecular weight is 2120 g/mol. The summed E-state index contributed by atoms with van der Waals surface area (Å²) in [5, 5.41) is 11.4. The quantitative estimate of drug-likeness (QED) is 0.0111. The molecule has 16 unspecified atom stereocenters. The molecule has 11 aliphatic rings. The zero-order chi connectivity index (χ0) is 96.9. The Morgan fingerprint density at radius 1 is 0.541 bits per heavy atom. The van der Waals surface area contributed by atoms with Gasteiger partial charge >= 0.3 is 57.5 Å². The van der Waals surface area contributed by atoms with Crippen molar-refractivity contribution in [2.75, 3.05) is 124 Å². The van der Waals surface area contributed by atoms with E-state index in [1.807, 2.05) is 0 Å². The van der Waals surface area contributed by atoms with E-state index in [0.717, 1.165) is 20.0 Å². The van der Waals surface area contributed by atoms with Crippen LogP contribution in [0.25, 0.3) is 0 Å². The third kappa shape index (κ3) is 19.5. The number of aromatic amines is 2. The molecule has 0 radical (unpaired) electrons. The molecule has 69 heteroatoms. The monoisotopic (exact) mass is 2120 g/mol. The second kappa shape index (κ2) is 37.2. The van der Waals surface area contributed by atoms with Crippen LogP contribution in [0.1, 0.15) is 43.5 Å². The molecule has 0 amide bonds. The van der Waals surface area contributed by atoms with Gasteiger partial charge in [-0.2, -0.15) is 15.0 Å². The zero-order valence-electron chi connectivity index (χ0n) is 70.4. The summed E-state index contributed by atoms with van der Waals surface area (Å²) in [6.45, 7) is -22.4. The molecule has 0 aromatic carbocycles. The van der Waals surface area contributed by atoms with Crippen LogP contribution in [0.4, 0.5) is 63.7 Å². The summed E-state index contributed by atoms with van der Waals surface area (Å²) in [5.74, 6) is -3.23. The van der Waals surface area contributed by atoms with Crippen LogP contribution >= 0.6 is 52.6 Å². The maximum Gasteiger partial charge on any atom is 0.386 e.